The number of nitrogens with zero attached hydrogens (tertiary/aromatic N) is 1. The minimum atomic E-state index is -0.608. The molecule has 3 unspecified atom stereocenters. The number of benzene rings is 5. The Balaban J connectivity index is 1.15. The van der Waals surface area contributed by atoms with Gasteiger partial charge in [0.15, 0.2) is 12.1 Å². The largest absolute Gasteiger partial charge is 0.431 e. The van der Waals surface area contributed by atoms with Crippen LogP contribution in [0.15, 0.2) is 143 Å². The predicted molar refractivity (Wildman–Crippen MR) is 196 cm³/mol. The van der Waals surface area contributed by atoms with E-state index in [4.69, 9.17) is 18.9 Å². The third-order valence-electron chi connectivity index (χ3n) is 8.66. The molecule has 1 aromatic heterocycles. The van der Waals surface area contributed by atoms with Gasteiger partial charge in [-0.3, -0.25) is 4.79 Å². The molecule has 252 valence electrons. The Bertz CT molecular complexity index is 1970. The monoisotopic (exact) mass is 682 g/mol. The van der Waals surface area contributed by atoms with Crippen molar-refractivity contribution in [3.63, 3.8) is 0 Å². The van der Waals surface area contributed by atoms with Gasteiger partial charge >= 0.3 is 0 Å². The maximum Gasteiger partial charge on any atom is 0.256 e. The third kappa shape index (κ3) is 8.07. The van der Waals surface area contributed by atoms with E-state index in [1.54, 1.807) is 0 Å². The molecule has 7 rings (SSSR count). The number of carbonyl (C=O) groups is 1. The Morgan fingerprint density at radius 3 is 2.16 bits per heavy atom. The van der Waals surface area contributed by atoms with Crippen LogP contribution in [0, 0.1) is 0 Å². The Kier molecular flexibility index (Phi) is 10.5. The molecule has 0 aliphatic carbocycles. The highest BCUT2D eigenvalue weighted by Gasteiger charge is 2.33. The molecule has 0 radical (unpaired) electrons. The number of aliphatic hydroxyl groups is 1. The van der Waals surface area contributed by atoms with Crippen LogP contribution in [0.4, 0.5) is 0 Å². The summed E-state index contributed by atoms with van der Waals surface area (Å²) >= 11 is 1.54. The van der Waals surface area contributed by atoms with Gasteiger partial charge in [0, 0.05) is 42.3 Å². The average molecular weight is 683 g/mol. The number of carbonyl (C=O) groups excluding carboxylic acids is 1. The first-order chi connectivity index (χ1) is 24.5. The molecule has 3 atom stereocenters. The fraction of sp³-hybridized carbons (Fsp3) is 0.190. The van der Waals surface area contributed by atoms with E-state index in [0.29, 0.717) is 23.9 Å². The van der Waals surface area contributed by atoms with Crippen LogP contribution in [0.1, 0.15) is 48.0 Å². The molecule has 2 heterocycles. The smallest absolute Gasteiger partial charge is 0.256 e. The summed E-state index contributed by atoms with van der Waals surface area (Å²) in [7, 11) is 0. The van der Waals surface area contributed by atoms with Gasteiger partial charge in [-0.25, -0.2) is 4.98 Å². The van der Waals surface area contributed by atoms with Gasteiger partial charge in [0.25, 0.3) is 5.22 Å². The summed E-state index contributed by atoms with van der Waals surface area (Å²) in [5.41, 5.74) is 8.67. The lowest BCUT2D eigenvalue weighted by Gasteiger charge is -2.36. The number of aromatic nitrogens is 1. The van der Waals surface area contributed by atoms with E-state index in [1.807, 2.05) is 109 Å². The first kappa shape index (κ1) is 33.5. The molecule has 1 aliphatic heterocycles. The number of aliphatic hydroxyl groups excluding tert-OH is 1. The first-order valence-corrected chi connectivity index (χ1v) is 17.7. The maximum atomic E-state index is 11.5. The highest BCUT2D eigenvalue weighted by molar-refractivity contribution is 7.99. The van der Waals surface area contributed by atoms with E-state index < -0.39 is 6.29 Å². The van der Waals surface area contributed by atoms with Crippen molar-refractivity contribution in [3.05, 3.63) is 156 Å². The van der Waals surface area contributed by atoms with E-state index in [-0.39, 0.29) is 24.7 Å². The van der Waals surface area contributed by atoms with Crippen molar-refractivity contribution in [1.82, 2.24) is 10.3 Å². The molecule has 7 nitrogen and oxygen atoms in total. The van der Waals surface area contributed by atoms with Gasteiger partial charge in [0.05, 0.1) is 18.8 Å². The summed E-state index contributed by atoms with van der Waals surface area (Å²) in [5.74, 6) is 1.29. The summed E-state index contributed by atoms with van der Waals surface area (Å²) in [4.78, 5) is 16.4. The van der Waals surface area contributed by atoms with Crippen molar-refractivity contribution in [2.24, 2.45) is 0 Å². The number of nitrogens with one attached hydrogen (secondary N) is 1. The van der Waals surface area contributed by atoms with Crippen molar-refractivity contribution >= 4 is 17.7 Å². The molecule has 0 spiro atoms. The fourth-order valence-electron chi connectivity index (χ4n) is 6.08. The first-order valence-electron chi connectivity index (χ1n) is 16.7. The molecule has 1 saturated heterocycles. The number of rotatable bonds is 11. The van der Waals surface area contributed by atoms with Crippen LogP contribution < -0.4 is 5.32 Å². The minimum absolute atomic E-state index is 0.0122. The maximum absolute atomic E-state index is 11.5. The van der Waals surface area contributed by atoms with Gasteiger partial charge in [0.1, 0.15) is 5.69 Å². The van der Waals surface area contributed by atoms with Crippen LogP contribution in [-0.2, 0) is 27.4 Å². The second-order valence-corrected chi connectivity index (χ2v) is 13.3. The Morgan fingerprint density at radius 1 is 0.760 bits per heavy atom. The van der Waals surface area contributed by atoms with Crippen molar-refractivity contribution in [2.45, 2.75) is 50.2 Å². The van der Waals surface area contributed by atoms with Gasteiger partial charge in [-0.15, -0.1) is 0 Å². The van der Waals surface area contributed by atoms with E-state index in [2.05, 4.69) is 29.6 Å². The highest BCUT2D eigenvalue weighted by atomic mass is 32.2. The van der Waals surface area contributed by atoms with Crippen LogP contribution in [0.2, 0.25) is 0 Å². The van der Waals surface area contributed by atoms with Gasteiger partial charge < -0.3 is 24.3 Å². The number of ether oxygens (including phenoxy) is 2. The molecular formula is C42H38N2O5S. The summed E-state index contributed by atoms with van der Waals surface area (Å²) < 4.78 is 19.7. The summed E-state index contributed by atoms with van der Waals surface area (Å²) in [6, 6.07) is 44.5. The SMILES string of the molecule is CC(=O)NCc1cccc(-c2cccc(C3OC(CSc4nc(-c5ccccc5)c(-c5ccccc5)o4)CC(c4ccc(CO)cc4)O3)c2)c1. The summed E-state index contributed by atoms with van der Waals surface area (Å²) in [5, 5.41) is 13.1. The zero-order valence-electron chi connectivity index (χ0n) is 27.7. The van der Waals surface area contributed by atoms with E-state index in [0.717, 1.165) is 56.0 Å². The molecule has 0 saturated carbocycles. The van der Waals surface area contributed by atoms with E-state index in [1.165, 1.54) is 18.7 Å². The Labute approximate surface area is 296 Å². The van der Waals surface area contributed by atoms with E-state index >= 15 is 0 Å². The number of hydrogen-bond acceptors (Lipinski definition) is 7. The normalized spacial score (nSPS) is 17.4. The van der Waals surface area contributed by atoms with Crippen molar-refractivity contribution < 1.29 is 23.8 Å². The fourth-order valence-corrected chi connectivity index (χ4v) is 6.92. The molecule has 1 fully saturated rings. The summed E-state index contributed by atoms with van der Waals surface area (Å²) in [6.07, 6.45) is -0.354. The second-order valence-electron chi connectivity index (χ2n) is 12.3. The van der Waals surface area contributed by atoms with Gasteiger partial charge in [-0.05, 0) is 39.9 Å². The molecule has 8 heteroatoms. The lowest BCUT2D eigenvalue weighted by molar-refractivity contribution is -0.245. The van der Waals surface area contributed by atoms with Crippen molar-refractivity contribution in [1.29, 1.82) is 0 Å². The quantitative estimate of drug-likeness (QED) is 0.132. The van der Waals surface area contributed by atoms with Crippen molar-refractivity contribution in [3.8, 4) is 33.7 Å². The zero-order chi connectivity index (χ0) is 34.3. The molecular weight excluding hydrogens is 645 g/mol. The molecule has 6 aromatic rings. The average Bonchev–Trinajstić information content (AvgIpc) is 3.61. The topological polar surface area (TPSA) is 93.8 Å². The standard InChI is InChI=1S/C42H38N2O5S/c1-28(46)43-25-30-10-8-15-34(22-30)35-16-9-17-36(23-35)41-47-37(24-38(48-41)31-20-18-29(26-45)19-21-31)27-50-42-44-39(32-11-4-2-5-12-32)40(49-42)33-13-6-3-7-14-33/h2-23,37-38,41,45H,24-27H2,1H3,(H,43,46). The second kappa shape index (κ2) is 15.7. The molecule has 1 aliphatic rings. The molecule has 50 heavy (non-hydrogen) atoms. The van der Waals surface area contributed by atoms with Crippen LogP contribution in [0.25, 0.3) is 33.7 Å². The predicted octanol–water partition coefficient (Wildman–Crippen LogP) is 9.14. The van der Waals surface area contributed by atoms with Gasteiger partial charge in [0.2, 0.25) is 5.91 Å². The number of oxazole rings is 1. The third-order valence-corrected chi connectivity index (χ3v) is 9.62. The Morgan fingerprint density at radius 2 is 1.44 bits per heavy atom. The van der Waals surface area contributed by atoms with Gasteiger partial charge in [-0.1, -0.05) is 133 Å². The van der Waals surface area contributed by atoms with Crippen LogP contribution in [0.3, 0.4) is 0 Å². The minimum Gasteiger partial charge on any atom is -0.431 e. The highest BCUT2D eigenvalue weighted by Crippen LogP contribution is 2.41. The van der Waals surface area contributed by atoms with Gasteiger partial charge in [-0.2, -0.15) is 0 Å². The Hall–Kier alpha value is -4.99. The van der Waals surface area contributed by atoms with Crippen LogP contribution in [-0.4, -0.2) is 27.9 Å². The summed E-state index contributed by atoms with van der Waals surface area (Å²) in [6.45, 7) is 1.98. The number of hydrogen-bond donors (Lipinski definition) is 2. The lowest BCUT2D eigenvalue weighted by atomic mass is 9.99. The molecule has 1 amide bonds. The molecule has 2 N–H and O–H groups in total. The van der Waals surface area contributed by atoms with E-state index in [9.17, 15) is 9.90 Å². The van der Waals surface area contributed by atoms with Crippen molar-refractivity contribution in [2.75, 3.05) is 5.75 Å². The molecule has 5 aromatic carbocycles. The number of thioether (sulfide) groups is 1. The number of amides is 1. The zero-order valence-corrected chi connectivity index (χ0v) is 28.5. The van der Waals surface area contributed by atoms with Crippen LogP contribution in [0.5, 0.6) is 0 Å². The molecule has 0 bridgehead atoms. The lowest BCUT2D eigenvalue weighted by Crippen LogP contribution is -2.31. The van der Waals surface area contributed by atoms with Crippen LogP contribution >= 0.6 is 11.8 Å².